The Kier molecular flexibility index (Phi) is 3.60. The number of ether oxygens (including phenoxy) is 1. The van der Waals surface area contributed by atoms with Crippen molar-refractivity contribution in [3.05, 3.63) is 65.0 Å². The predicted octanol–water partition coefficient (Wildman–Crippen LogP) is 3.98. The Bertz CT molecular complexity index is 681. The molecule has 0 aromatic heterocycles. The fraction of sp³-hybridized carbons (Fsp3) is 0.235. The third kappa shape index (κ3) is 2.61. The molecule has 1 aliphatic carbocycles. The van der Waals surface area contributed by atoms with Gasteiger partial charge in [0.2, 0.25) is 0 Å². The van der Waals surface area contributed by atoms with Gasteiger partial charge in [-0.15, -0.1) is 0 Å². The van der Waals surface area contributed by atoms with Crippen LogP contribution in [0, 0.1) is 5.82 Å². The highest BCUT2D eigenvalue weighted by Gasteiger charge is 2.24. The Morgan fingerprint density at radius 3 is 2.81 bits per heavy atom. The van der Waals surface area contributed by atoms with Crippen LogP contribution in [0.3, 0.4) is 0 Å². The lowest BCUT2D eigenvalue weighted by atomic mass is 9.89. The lowest BCUT2D eigenvalue weighted by molar-refractivity contribution is 0.0682. The van der Waals surface area contributed by atoms with Crippen molar-refractivity contribution in [2.45, 2.75) is 25.4 Å². The van der Waals surface area contributed by atoms with E-state index in [1.54, 1.807) is 0 Å². The van der Waals surface area contributed by atoms with Gasteiger partial charge in [0.05, 0.1) is 0 Å². The Morgan fingerprint density at radius 2 is 2.00 bits per heavy atom. The van der Waals surface area contributed by atoms with Crippen LogP contribution in [0.4, 0.5) is 4.39 Å². The van der Waals surface area contributed by atoms with Gasteiger partial charge in [-0.3, -0.25) is 0 Å². The topological polar surface area (TPSA) is 46.5 Å². The maximum absolute atomic E-state index is 13.7. The summed E-state index contributed by atoms with van der Waals surface area (Å²) in [6.07, 6.45) is 2.53. The molecule has 0 amide bonds. The Labute approximate surface area is 122 Å². The van der Waals surface area contributed by atoms with Gasteiger partial charge in [0, 0.05) is 0 Å². The van der Waals surface area contributed by atoms with E-state index in [1.807, 2.05) is 18.2 Å². The monoisotopic (exact) mass is 286 g/mol. The third-order valence-corrected chi connectivity index (χ3v) is 3.77. The highest BCUT2D eigenvalue weighted by molar-refractivity contribution is 5.91. The van der Waals surface area contributed by atoms with Crippen LogP contribution in [0.2, 0.25) is 0 Å². The Balaban J connectivity index is 1.96. The fourth-order valence-corrected chi connectivity index (χ4v) is 2.80. The van der Waals surface area contributed by atoms with Crippen molar-refractivity contribution in [3.8, 4) is 5.75 Å². The highest BCUT2D eigenvalue weighted by Crippen LogP contribution is 2.35. The van der Waals surface area contributed by atoms with Gasteiger partial charge in [-0.1, -0.05) is 30.3 Å². The molecule has 0 heterocycles. The normalized spacial score (nSPS) is 17.1. The molecule has 0 radical (unpaired) electrons. The standard InChI is InChI=1S/C17H15FO3/c18-13-8-4-10-15(16(13)17(19)20)21-14-9-3-6-11-5-1-2-7-12(11)14/h1-2,4-5,7-8,10,14H,3,6,9H2,(H,19,20). The molecule has 0 saturated carbocycles. The molecular formula is C17H15FO3. The summed E-state index contributed by atoms with van der Waals surface area (Å²) in [7, 11) is 0. The van der Waals surface area contributed by atoms with E-state index in [2.05, 4.69) is 6.07 Å². The van der Waals surface area contributed by atoms with Gasteiger partial charge in [-0.2, -0.15) is 0 Å². The van der Waals surface area contributed by atoms with E-state index in [4.69, 9.17) is 9.84 Å². The summed E-state index contributed by atoms with van der Waals surface area (Å²) in [5.74, 6) is -2.00. The number of carboxylic acid groups (broad SMARTS) is 1. The van der Waals surface area contributed by atoms with Crippen molar-refractivity contribution in [2.75, 3.05) is 0 Å². The van der Waals surface area contributed by atoms with Crippen LogP contribution in [0.5, 0.6) is 5.75 Å². The minimum absolute atomic E-state index is 0.0872. The molecule has 108 valence electrons. The average Bonchev–Trinajstić information content (AvgIpc) is 2.47. The summed E-state index contributed by atoms with van der Waals surface area (Å²) in [6, 6.07) is 12.0. The first-order valence-electron chi connectivity index (χ1n) is 6.93. The number of halogens is 1. The molecule has 0 saturated heterocycles. The van der Waals surface area contributed by atoms with E-state index < -0.39 is 17.3 Å². The number of carboxylic acids is 1. The zero-order chi connectivity index (χ0) is 14.8. The molecule has 21 heavy (non-hydrogen) atoms. The number of hydrogen-bond acceptors (Lipinski definition) is 2. The number of aryl methyl sites for hydroxylation is 1. The zero-order valence-corrected chi connectivity index (χ0v) is 11.4. The largest absolute Gasteiger partial charge is 0.485 e. The smallest absolute Gasteiger partial charge is 0.342 e. The lowest BCUT2D eigenvalue weighted by Gasteiger charge is -2.26. The molecule has 1 N–H and O–H groups in total. The van der Waals surface area contributed by atoms with Crippen LogP contribution in [0.1, 0.15) is 40.4 Å². The van der Waals surface area contributed by atoms with Crippen LogP contribution in [-0.2, 0) is 6.42 Å². The first-order chi connectivity index (χ1) is 10.2. The second-order valence-electron chi connectivity index (χ2n) is 5.12. The Hall–Kier alpha value is -2.36. The number of benzene rings is 2. The van der Waals surface area contributed by atoms with Crippen molar-refractivity contribution < 1.29 is 19.0 Å². The SMILES string of the molecule is O=C(O)c1c(F)cccc1OC1CCCc2ccccc21. The number of carbonyl (C=O) groups is 1. The average molecular weight is 286 g/mol. The molecule has 3 nitrogen and oxygen atoms in total. The predicted molar refractivity (Wildman–Crippen MR) is 76.1 cm³/mol. The minimum Gasteiger partial charge on any atom is -0.485 e. The van der Waals surface area contributed by atoms with Crippen molar-refractivity contribution in [3.63, 3.8) is 0 Å². The van der Waals surface area contributed by atoms with Crippen LogP contribution in [-0.4, -0.2) is 11.1 Å². The summed E-state index contributed by atoms with van der Waals surface area (Å²) in [4.78, 5) is 11.2. The summed E-state index contributed by atoms with van der Waals surface area (Å²) < 4.78 is 19.5. The van der Waals surface area contributed by atoms with Gasteiger partial charge in [-0.05, 0) is 42.5 Å². The molecule has 0 spiro atoms. The van der Waals surface area contributed by atoms with Crippen LogP contribution in [0.15, 0.2) is 42.5 Å². The van der Waals surface area contributed by atoms with E-state index in [0.29, 0.717) is 0 Å². The summed E-state index contributed by atoms with van der Waals surface area (Å²) in [5.41, 5.74) is 1.87. The fourth-order valence-electron chi connectivity index (χ4n) is 2.80. The number of rotatable bonds is 3. The maximum Gasteiger partial charge on any atom is 0.342 e. The first kappa shape index (κ1) is 13.6. The first-order valence-corrected chi connectivity index (χ1v) is 6.93. The van der Waals surface area contributed by atoms with Gasteiger partial charge >= 0.3 is 5.97 Å². The molecule has 2 aromatic carbocycles. The summed E-state index contributed by atoms with van der Waals surface area (Å²) >= 11 is 0. The summed E-state index contributed by atoms with van der Waals surface area (Å²) in [5, 5.41) is 9.15. The molecule has 0 aliphatic heterocycles. The van der Waals surface area contributed by atoms with Crippen LogP contribution in [0.25, 0.3) is 0 Å². The van der Waals surface area contributed by atoms with Crippen molar-refractivity contribution >= 4 is 5.97 Å². The second-order valence-corrected chi connectivity index (χ2v) is 5.12. The third-order valence-electron chi connectivity index (χ3n) is 3.77. The lowest BCUT2D eigenvalue weighted by Crippen LogP contribution is -2.17. The molecule has 2 aromatic rings. The molecule has 3 rings (SSSR count). The summed E-state index contributed by atoms with van der Waals surface area (Å²) in [6.45, 7) is 0. The molecule has 0 fully saturated rings. The van der Waals surface area contributed by atoms with Crippen molar-refractivity contribution in [2.24, 2.45) is 0 Å². The van der Waals surface area contributed by atoms with E-state index >= 15 is 0 Å². The van der Waals surface area contributed by atoms with Crippen LogP contribution >= 0.6 is 0 Å². The molecule has 1 aliphatic rings. The van der Waals surface area contributed by atoms with Gasteiger partial charge in [-0.25, -0.2) is 9.18 Å². The minimum atomic E-state index is -1.31. The number of fused-ring (bicyclic) bond motifs is 1. The van der Waals surface area contributed by atoms with Crippen molar-refractivity contribution in [1.82, 2.24) is 0 Å². The van der Waals surface area contributed by atoms with E-state index in [1.165, 1.54) is 17.7 Å². The van der Waals surface area contributed by atoms with Crippen LogP contribution < -0.4 is 4.74 Å². The number of aromatic carboxylic acids is 1. The van der Waals surface area contributed by atoms with Gasteiger partial charge in [0.15, 0.2) is 0 Å². The highest BCUT2D eigenvalue weighted by atomic mass is 19.1. The molecule has 4 heteroatoms. The Morgan fingerprint density at radius 1 is 1.19 bits per heavy atom. The molecular weight excluding hydrogens is 271 g/mol. The second kappa shape index (κ2) is 5.56. The quantitative estimate of drug-likeness (QED) is 0.928. The van der Waals surface area contributed by atoms with Gasteiger partial charge in [0.1, 0.15) is 23.2 Å². The maximum atomic E-state index is 13.7. The van der Waals surface area contributed by atoms with Gasteiger partial charge in [0.25, 0.3) is 0 Å². The molecule has 1 atom stereocenters. The zero-order valence-electron chi connectivity index (χ0n) is 11.4. The van der Waals surface area contributed by atoms with Crippen molar-refractivity contribution in [1.29, 1.82) is 0 Å². The molecule has 1 unspecified atom stereocenters. The number of hydrogen-bond donors (Lipinski definition) is 1. The molecule has 0 bridgehead atoms. The van der Waals surface area contributed by atoms with E-state index in [0.717, 1.165) is 30.9 Å². The van der Waals surface area contributed by atoms with E-state index in [-0.39, 0.29) is 11.9 Å². The van der Waals surface area contributed by atoms with E-state index in [9.17, 15) is 9.18 Å². The van der Waals surface area contributed by atoms with Gasteiger partial charge < -0.3 is 9.84 Å².